The summed E-state index contributed by atoms with van der Waals surface area (Å²) < 4.78 is 11.0. The molecule has 0 fully saturated rings. The molecule has 0 aliphatic rings. The number of carbonyl (C=O) groups is 1. The second-order valence-corrected chi connectivity index (χ2v) is 5.79. The highest BCUT2D eigenvalue weighted by atomic mass is 16.5. The van der Waals surface area contributed by atoms with Crippen molar-refractivity contribution in [3.05, 3.63) is 70.7 Å². The molecule has 0 saturated carbocycles. The van der Waals surface area contributed by atoms with Gasteiger partial charge in [-0.1, -0.05) is 23.4 Å². The largest absolute Gasteiger partial charge is 0.488 e. The molecule has 6 nitrogen and oxygen atoms in total. The van der Waals surface area contributed by atoms with Crippen molar-refractivity contribution in [2.45, 2.75) is 27.4 Å². The lowest BCUT2D eigenvalue weighted by Crippen LogP contribution is -2.16. The van der Waals surface area contributed by atoms with Gasteiger partial charge in [0.2, 0.25) is 0 Å². The highest BCUT2D eigenvalue weighted by Crippen LogP contribution is 2.21. The standard InChI is InChI=1S/C19H19N3O3/c1-12-8-9-20-17(10-12)21-19(23)18-15(14(3)25-22-18)11-24-16-7-5-4-6-13(16)2/h4-10H,11H2,1-3H3,(H,20,21,23). The van der Waals surface area contributed by atoms with Gasteiger partial charge in [-0.15, -0.1) is 0 Å². The van der Waals surface area contributed by atoms with Gasteiger partial charge in [0.1, 0.15) is 23.9 Å². The molecule has 0 saturated heterocycles. The molecule has 2 aromatic heterocycles. The molecule has 0 aliphatic carbocycles. The monoisotopic (exact) mass is 337 g/mol. The zero-order valence-electron chi connectivity index (χ0n) is 14.4. The molecular formula is C19H19N3O3. The number of hydrogen-bond acceptors (Lipinski definition) is 5. The van der Waals surface area contributed by atoms with Gasteiger partial charge in [-0.25, -0.2) is 4.98 Å². The minimum absolute atomic E-state index is 0.199. The molecule has 0 aliphatic heterocycles. The van der Waals surface area contributed by atoms with Crippen LogP contribution in [0.1, 0.15) is 32.9 Å². The Hall–Kier alpha value is -3.15. The van der Waals surface area contributed by atoms with E-state index >= 15 is 0 Å². The van der Waals surface area contributed by atoms with Crippen LogP contribution in [0.15, 0.2) is 47.1 Å². The van der Waals surface area contributed by atoms with Gasteiger partial charge >= 0.3 is 0 Å². The Labute approximate surface area is 145 Å². The number of anilines is 1. The van der Waals surface area contributed by atoms with Crippen molar-refractivity contribution in [1.29, 1.82) is 0 Å². The van der Waals surface area contributed by atoms with Crippen LogP contribution in [0.5, 0.6) is 5.75 Å². The maximum absolute atomic E-state index is 12.5. The van der Waals surface area contributed by atoms with Crippen LogP contribution in [0.4, 0.5) is 5.82 Å². The number of nitrogens with one attached hydrogen (secondary N) is 1. The fraction of sp³-hybridized carbons (Fsp3) is 0.211. The predicted octanol–water partition coefficient (Wildman–Crippen LogP) is 3.83. The number of pyridine rings is 1. The van der Waals surface area contributed by atoms with Crippen LogP contribution in [0, 0.1) is 20.8 Å². The highest BCUT2D eigenvalue weighted by Gasteiger charge is 2.21. The van der Waals surface area contributed by atoms with Crippen molar-refractivity contribution in [2.24, 2.45) is 0 Å². The molecule has 6 heteroatoms. The Morgan fingerprint density at radius 2 is 2.00 bits per heavy atom. The molecule has 0 atom stereocenters. The molecular weight excluding hydrogens is 318 g/mol. The maximum Gasteiger partial charge on any atom is 0.279 e. The number of ether oxygens (including phenoxy) is 1. The number of carbonyl (C=O) groups excluding carboxylic acids is 1. The smallest absolute Gasteiger partial charge is 0.279 e. The van der Waals surface area contributed by atoms with Gasteiger partial charge in [0.25, 0.3) is 5.91 Å². The van der Waals surface area contributed by atoms with Crippen LogP contribution >= 0.6 is 0 Å². The van der Waals surface area contributed by atoms with E-state index in [4.69, 9.17) is 9.26 Å². The molecule has 0 spiro atoms. The molecule has 128 valence electrons. The lowest BCUT2D eigenvalue weighted by Gasteiger charge is -2.09. The van der Waals surface area contributed by atoms with Crippen LogP contribution in [0.3, 0.4) is 0 Å². The number of amides is 1. The number of aryl methyl sites for hydroxylation is 3. The Balaban J connectivity index is 1.77. The molecule has 0 unspecified atom stereocenters. The topological polar surface area (TPSA) is 77.3 Å². The third kappa shape index (κ3) is 3.85. The van der Waals surface area contributed by atoms with Crippen molar-refractivity contribution in [2.75, 3.05) is 5.32 Å². The molecule has 1 N–H and O–H groups in total. The third-order valence-corrected chi connectivity index (χ3v) is 3.82. The Bertz CT molecular complexity index is 902. The molecule has 25 heavy (non-hydrogen) atoms. The summed E-state index contributed by atoms with van der Waals surface area (Å²) in [5, 5.41) is 6.61. The molecule has 2 heterocycles. The van der Waals surface area contributed by atoms with Gasteiger partial charge in [-0.05, 0) is 50.1 Å². The van der Waals surface area contributed by atoms with Crippen molar-refractivity contribution in [1.82, 2.24) is 10.1 Å². The van der Waals surface area contributed by atoms with E-state index in [0.29, 0.717) is 17.1 Å². The summed E-state index contributed by atoms with van der Waals surface area (Å²) in [6.07, 6.45) is 1.64. The Morgan fingerprint density at radius 3 is 2.76 bits per heavy atom. The first-order valence-electron chi connectivity index (χ1n) is 7.92. The average molecular weight is 337 g/mol. The number of benzene rings is 1. The predicted molar refractivity (Wildman–Crippen MR) is 93.7 cm³/mol. The second-order valence-electron chi connectivity index (χ2n) is 5.79. The second kappa shape index (κ2) is 7.17. The first-order valence-corrected chi connectivity index (χ1v) is 7.92. The average Bonchev–Trinajstić information content (AvgIpc) is 2.95. The van der Waals surface area contributed by atoms with Gasteiger partial charge in [-0.2, -0.15) is 0 Å². The number of rotatable bonds is 5. The minimum Gasteiger partial charge on any atom is -0.488 e. The van der Waals surface area contributed by atoms with Gasteiger partial charge in [0, 0.05) is 6.20 Å². The number of nitrogens with zero attached hydrogens (tertiary/aromatic N) is 2. The van der Waals surface area contributed by atoms with Crippen molar-refractivity contribution in [3.8, 4) is 5.75 Å². The van der Waals surface area contributed by atoms with Crippen LogP contribution < -0.4 is 10.1 Å². The summed E-state index contributed by atoms with van der Waals surface area (Å²) in [6.45, 7) is 5.85. The summed E-state index contributed by atoms with van der Waals surface area (Å²) >= 11 is 0. The van der Waals surface area contributed by atoms with E-state index < -0.39 is 0 Å². The first-order chi connectivity index (χ1) is 12.0. The molecule has 1 amide bonds. The summed E-state index contributed by atoms with van der Waals surface area (Å²) in [5.74, 6) is 1.40. The zero-order chi connectivity index (χ0) is 17.8. The lowest BCUT2D eigenvalue weighted by molar-refractivity contribution is 0.101. The highest BCUT2D eigenvalue weighted by molar-refractivity contribution is 6.03. The first kappa shape index (κ1) is 16.7. The zero-order valence-corrected chi connectivity index (χ0v) is 14.4. The summed E-state index contributed by atoms with van der Waals surface area (Å²) in [4.78, 5) is 16.6. The van der Waals surface area contributed by atoms with Crippen LogP contribution in [-0.2, 0) is 6.61 Å². The van der Waals surface area contributed by atoms with Crippen molar-refractivity contribution in [3.63, 3.8) is 0 Å². The fourth-order valence-corrected chi connectivity index (χ4v) is 2.39. The van der Waals surface area contributed by atoms with E-state index in [0.717, 1.165) is 16.9 Å². The van der Waals surface area contributed by atoms with Gasteiger partial charge in [0.15, 0.2) is 5.69 Å². The fourth-order valence-electron chi connectivity index (χ4n) is 2.39. The van der Waals surface area contributed by atoms with E-state index in [2.05, 4.69) is 15.5 Å². The van der Waals surface area contributed by atoms with Gasteiger partial charge in [-0.3, -0.25) is 4.79 Å². The van der Waals surface area contributed by atoms with Crippen LogP contribution in [0.2, 0.25) is 0 Å². The van der Waals surface area contributed by atoms with Gasteiger partial charge < -0.3 is 14.6 Å². The number of para-hydroxylation sites is 1. The molecule has 1 aromatic carbocycles. The molecule has 0 bridgehead atoms. The minimum atomic E-state index is -0.377. The Kier molecular flexibility index (Phi) is 4.79. The SMILES string of the molecule is Cc1ccnc(NC(=O)c2noc(C)c2COc2ccccc2C)c1. The van der Waals surface area contributed by atoms with E-state index in [1.807, 2.05) is 44.2 Å². The van der Waals surface area contributed by atoms with E-state index in [9.17, 15) is 4.79 Å². The number of aromatic nitrogens is 2. The molecule has 3 aromatic rings. The van der Waals surface area contributed by atoms with E-state index in [1.54, 1.807) is 19.2 Å². The van der Waals surface area contributed by atoms with Crippen molar-refractivity contribution < 1.29 is 14.1 Å². The van der Waals surface area contributed by atoms with Crippen LogP contribution in [0.25, 0.3) is 0 Å². The normalized spacial score (nSPS) is 10.5. The van der Waals surface area contributed by atoms with E-state index in [-0.39, 0.29) is 18.2 Å². The molecule has 3 rings (SSSR count). The quantitative estimate of drug-likeness (QED) is 0.766. The van der Waals surface area contributed by atoms with Crippen molar-refractivity contribution >= 4 is 11.7 Å². The Morgan fingerprint density at radius 1 is 1.20 bits per heavy atom. The summed E-state index contributed by atoms with van der Waals surface area (Å²) in [6, 6.07) is 11.3. The summed E-state index contributed by atoms with van der Waals surface area (Å²) in [5.41, 5.74) is 2.85. The van der Waals surface area contributed by atoms with Gasteiger partial charge in [0.05, 0.1) is 5.56 Å². The molecule has 0 radical (unpaired) electrons. The third-order valence-electron chi connectivity index (χ3n) is 3.82. The van der Waals surface area contributed by atoms with E-state index in [1.165, 1.54) is 0 Å². The summed E-state index contributed by atoms with van der Waals surface area (Å²) in [7, 11) is 0. The number of hydrogen-bond donors (Lipinski definition) is 1. The van der Waals surface area contributed by atoms with Crippen LogP contribution in [-0.4, -0.2) is 16.0 Å². The maximum atomic E-state index is 12.5. The lowest BCUT2D eigenvalue weighted by atomic mass is 10.2.